The number of hydrogen-bond acceptors (Lipinski definition) is 6. The number of carboxylic acids is 1. The van der Waals surface area contributed by atoms with E-state index in [9.17, 15) is 24.0 Å². The van der Waals surface area contributed by atoms with Crippen LogP contribution in [0.3, 0.4) is 0 Å². The molecule has 1 saturated carbocycles. The fourth-order valence-corrected chi connectivity index (χ4v) is 3.03. The van der Waals surface area contributed by atoms with Gasteiger partial charge in [0.15, 0.2) is 0 Å². The first-order chi connectivity index (χ1) is 11.8. The molecule has 4 amide bonds. The van der Waals surface area contributed by atoms with Crippen LogP contribution in [0.2, 0.25) is 0 Å². The molecule has 2 heterocycles. The summed E-state index contributed by atoms with van der Waals surface area (Å²) in [6.07, 6.45) is 5.69. The molecule has 0 aromatic carbocycles. The molecule has 0 aromatic heterocycles. The molecule has 1 aliphatic carbocycles. The van der Waals surface area contributed by atoms with Crippen LogP contribution >= 0.6 is 0 Å². The molecule has 2 fully saturated rings. The smallest absolute Gasteiger partial charge is 0.306 e. The van der Waals surface area contributed by atoms with Crippen LogP contribution in [0.1, 0.15) is 38.5 Å². The SMILES string of the molecule is O=C(O)C1CCC(CN2C(=O)C=CC2=O)CC1.O=C1CCC(=O)N1O. The number of rotatable bonds is 3. The maximum Gasteiger partial charge on any atom is 0.306 e. The number of imide groups is 2. The molecule has 0 spiro atoms. The molecule has 0 atom stereocenters. The van der Waals surface area contributed by atoms with Crippen molar-refractivity contribution in [2.24, 2.45) is 11.8 Å². The van der Waals surface area contributed by atoms with Gasteiger partial charge in [0.2, 0.25) is 0 Å². The van der Waals surface area contributed by atoms with E-state index in [0.29, 0.717) is 19.4 Å². The van der Waals surface area contributed by atoms with E-state index in [1.807, 2.05) is 0 Å². The van der Waals surface area contributed by atoms with Crippen molar-refractivity contribution in [3.05, 3.63) is 12.2 Å². The number of nitrogens with zero attached hydrogens (tertiary/aromatic N) is 2. The van der Waals surface area contributed by atoms with Crippen molar-refractivity contribution >= 4 is 29.6 Å². The second-order valence-electron chi connectivity index (χ2n) is 6.28. The highest BCUT2D eigenvalue weighted by Crippen LogP contribution is 2.30. The Bertz CT molecular complexity index is 586. The van der Waals surface area contributed by atoms with Crippen molar-refractivity contribution in [2.45, 2.75) is 38.5 Å². The van der Waals surface area contributed by atoms with Crippen molar-refractivity contribution in [3.8, 4) is 0 Å². The molecular weight excluding hydrogens is 332 g/mol. The van der Waals surface area contributed by atoms with E-state index in [1.54, 1.807) is 0 Å². The number of carbonyl (C=O) groups is 5. The van der Waals surface area contributed by atoms with E-state index in [-0.39, 0.29) is 41.6 Å². The van der Waals surface area contributed by atoms with Crippen LogP contribution in [0.25, 0.3) is 0 Å². The van der Waals surface area contributed by atoms with E-state index >= 15 is 0 Å². The van der Waals surface area contributed by atoms with Crippen molar-refractivity contribution in [2.75, 3.05) is 6.54 Å². The Balaban J connectivity index is 0.000000236. The van der Waals surface area contributed by atoms with Gasteiger partial charge < -0.3 is 5.11 Å². The number of carbonyl (C=O) groups excluding carboxylic acids is 4. The third-order valence-electron chi connectivity index (χ3n) is 4.56. The van der Waals surface area contributed by atoms with Gasteiger partial charge in [-0.2, -0.15) is 5.06 Å². The highest BCUT2D eigenvalue weighted by molar-refractivity contribution is 6.12. The average Bonchev–Trinajstić information content (AvgIpc) is 3.06. The summed E-state index contributed by atoms with van der Waals surface area (Å²) in [4.78, 5) is 55.2. The van der Waals surface area contributed by atoms with Crippen LogP contribution in [-0.2, 0) is 24.0 Å². The molecule has 2 N–H and O–H groups in total. The number of aliphatic carboxylic acids is 1. The first-order valence-corrected chi connectivity index (χ1v) is 8.10. The van der Waals surface area contributed by atoms with Crippen molar-refractivity contribution < 1.29 is 34.3 Å². The van der Waals surface area contributed by atoms with Crippen LogP contribution < -0.4 is 0 Å². The molecule has 0 aromatic rings. The Morgan fingerprint density at radius 3 is 1.80 bits per heavy atom. The number of carboxylic acid groups (broad SMARTS) is 1. The van der Waals surface area contributed by atoms with E-state index in [2.05, 4.69) is 0 Å². The summed E-state index contributed by atoms with van der Waals surface area (Å²) in [6, 6.07) is 0. The Labute approximate surface area is 143 Å². The largest absolute Gasteiger partial charge is 0.481 e. The second kappa shape index (κ2) is 8.02. The normalized spacial score (nSPS) is 26.1. The van der Waals surface area contributed by atoms with E-state index in [1.165, 1.54) is 17.1 Å². The highest BCUT2D eigenvalue weighted by atomic mass is 16.5. The third-order valence-corrected chi connectivity index (χ3v) is 4.56. The van der Waals surface area contributed by atoms with Crippen LogP contribution in [-0.4, -0.2) is 56.4 Å². The summed E-state index contributed by atoms with van der Waals surface area (Å²) in [7, 11) is 0. The summed E-state index contributed by atoms with van der Waals surface area (Å²) in [5, 5.41) is 17.4. The summed E-state index contributed by atoms with van der Waals surface area (Å²) in [6.45, 7) is 0.428. The van der Waals surface area contributed by atoms with Gasteiger partial charge in [-0.15, -0.1) is 0 Å². The molecule has 3 rings (SSSR count). The van der Waals surface area contributed by atoms with Crippen LogP contribution in [0, 0.1) is 11.8 Å². The van der Waals surface area contributed by atoms with Gasteiger partial charge in [-0.1, -0.05) is 0 Å². The summed E-state index contributed by atoms with van der Waals surface area (Å²) < 4.78 is 0. The van der Waals surface area contributed by atoms with Crippen LogP contribution in [0.15, 0.2) is 12.2 Å². The Kier molecular flexibility index (Phi) is 6.02. The zero-order chi connectivity index (χ0) is 18.6. The standard InChI is InChI=1S/C12H15NO4.C4H5NO3/c14-10-5-6-11(15)13(10)7-8-1-3-9(4-2-8)12(16)17;6-3-1-2-4(7)5(3)8/h5-6,8-9H,1-4,7H2,(H,16,17);8H,1-2H2. The lowest BCUT2D eigenvalue weighted by Gasteiger charge is -2.28. The monoisotopic (exact) mass is 352 g/mol. The molecule has 9 nitrogen and oxygen atoms in total. The lowest BCUT2D eigenvalue weighted by atomic mass is 9.82. The second-order valence-corrected chi connectivity index (χ2v) is 6.28. The minimum absolute atomic E-state index is 0.148. The minimum Gasteiger partial charge on any atom is -0.481 e. The molecule has 0 unspecified atom stereocenters. The molecule has 136 valence electrons. The van der Waals surface area contributed by atoms with Gasteiger partial charge in [0.25, 0.3) is 23.6 Å². The average molecular weight is 352 g/mol. The summed E-state index contributed by atoms with van der Waals surface area (Å²) in [5.74, 6) is -2.26. The van der Waals surface area contributed by atoms with Crippen molar-refractivity contribution in [3.63, 3.8) is 0 Å². The molecule has 2 aliphatic heterocycles. The van der Waals surface area contributed by atoms with Gasteiger partial charge in [0.05, 0.1) is 5.92 Å². The van der Waals surface area contributed by atoms with Crippen LogP contribution in [0.4, 0.5) is 0 Å². The summed E-state index contributed by atoms with van der Waals surface area (Å²) >= 11 is 0. The predicted molar refractivity (Wildman–Crippen MR) is 81.8 cm³/mol. The predicted octanol–water partition coefficient (Wildman–Crippen LogP) is 0.327. The first-order valence-electron chi connectivity index (χ1n) is 8.10. The molecule has 9 heteroatoms. The van der Waals surface area contributed by atoms with E-state index < -0.39 is 17.8 Å². The summed E-state index contributed by atoms with van der Waals surface area (Å²) in [5.41, 5.74) is 0. The lowest BCUT2D eigenvalue weighted by molar-refractivity contribution is -0.171. The Hall–Kier alpha value is -2.55. The van der Waals surface area contributed by atoms with Crippen molar-refractivity contribution in [1.29, 1.82) is 0 Å². The van der Waals surface area contributed by atoms with Gasteiger partial charge in [0, 0.05) is 31.5 Å². The fourth-order valence-electron chi connectivity index (χ4n) is 3.03. The maximum absolute atomic E-state index is 11.4. The molecule has 25 heavy (non-hydrogen) atoms. The molecule has 3 aliphatic rings. The van der Waals surface area contributed by atoms with E-state index in [4.69, 9.17) is 10.3 Å². The van der Waals surface area contributed by atoms with Crippen molar-refractivity contribution in [1.82, 2.24) is 9.96 Å². The van der Waals surface area contributed by atoms with Gasteiger partial charge in [-0.3, -0.25) is 34.1 Å². The van der Waals surface area contributed by atoms with E-state index in [0.717, 1.165) is 12.8 Å². The highest BCUT2D eigenvalue weighted by Gasteiger charge is 2.31. The van der Waals surface area contributed by atoms with Gasteiger partial charge in [-0.05, 0) is 31.6 Å². The van der Waals surface area contributed by atoms with Gasteiger partial charge in [-0.25, -0.2) is 0 Å². The molecular formula is C16H20N2O7. The number of hydrogen-bond donors (Lipinski definition) is 2. The fraction of sp³-hybridized carbons (Fsp3) is 0.562. The zero-order valence-corrected chi connectivity index (χ0v) is 13.6. The first kappa shape index (κ1) is 18.8. The van der Waals surface area contributed by atoms with Crippen LogP contribution in [0.5, 0.6) is 0 Å². The molecule has 0 bridgehead atoms. The third kappa shape index (κ3) is 4.72. The van der Waals surface area contributed by atoms with Gasteiger partial charge in [0.1, 0.15) is 0 Å². The minimum atomic E-state index is -0.738. The molecule has 1 saturated heterocycles. The quantitative estimate of drug-likeness (QED) is 0.552. The zero-order valence-electron chi connectivity index (χ0n) is 13.6. The Morgan fingerprint density at radius 1 is 0.960 bits per heavy atom. The lowest BCUT2D eigenvalue weighted by Crippen LogP contribution is -2.36. The maximum atomic E-state index is 11.4. The number of hydroxylamine groups is 2. The topological polar surface area (TPSA) is 132 Å². The number of amides is 4. The van der Waals surface area contributed by atoms with Gasteiger partial charge >= 0.3 is 5.97 Å². The Morgan fingerprint density at radius 2 is 1.44 bits per heavy atom. The molecule has 0 radical (unpaired) electrons.